The molecule has 2 N–H and O–H groups in total. The van der Waals surface area contributed by atoms with Crippen molar-refractivity contribution < 1.29 is 9.59 Å². The normalized spacial score (nSPS) is 10.5. The first-order valence-electron chi connectivity index (χ1n) is 8.48. The number of thiazole rings is 1. The van der Waals surface area contributed by atoms with Gasteiger partial charge in [-0.2, -0.15) is 0 Å². The van der Waals surface area contributed by atoms with E-state index >= 15 is 0 Å². The molecule has 0 spiro atoms. The minimum Gasteiger partial charge on any atom is -0.346 e. The maximum atomic E-state index is 12.0. The topological polar surface area (TPSA) is 71.1 Å². The second-order valence-electron chi connectivity index (χ2n) is 5.96. The lowest BCUT2D eigenvalue weighted by molar-refractivity contribution is -0.122. The van der Waals surface area contributed by atoms with Crippen LogP contribution in [-0.2, 0) is 9.59 Å². The van der Waals surface area contributed by atoms with Crippen LogP contribution in [0.2, 0.25) is 0 Å². The highest BCUT2D eigenvalue weighted by molar-refractivity contribution is 9.10. The van der Waals surface area contributed by atoms with Crippen LogP contribution in [0.3, 0.4) is 0 Å². The average molecular weight is 476 g/mol. The number of amides is 2. The summed E-state index contributed by atoms with van der Waals surface area (Å²) in [6, 6.07) is 15.5. The van der Waals surface area contributed by atoms with Gasteiger partial charge in [0, 0.05) is 15.4 Å². The zero-order valence-electron chi connectivity index (χ0n) is 15.1. The number of para-hydroxylation sites is 1. The van der Waals surface area contributed by atoms with E-state index < -0.39 is 0 Å². The maximum absolute atomic E-state index is 12.0. The third-order valence-electron chi connectivity index (χ3n) is 3.75. The number of anilines is 1. The molecule has 3 aromatic rings. The first kappa shape index (κ1) is 20.6. The molecule has 0 aliphatic heterocycles. The Balaban J connectivity index is 1.44. The van der Waals surface area contributed by atoms with Crippen LogP contribution in [0, 0.1) is 6.92 Å². The van der Waals surface area contributed by atoms with Crippen molar-refractivity contribution in [1.82, 2.24) is 10.3 Å². The fraction of sp³-hybridized carbons (Fsp3) is 0.150. The lowest BCUT2D eigenvalue weighted by Gasteiger charge is -2.08. The van der Waals surface area contributed by atoms with E-state index in [-0.39, 0.29) is 24.1 Å². The summed E-state index contributed by atoms with van der Waals surface area (Å²) in [5.74, 6) is -0.274. The van der Waals surface area contributed by atoms with Gasteiger partial charge in [-0.05, 0) is 35.0 Å². The number of halogens is 1. The van der Waals surface area contributed by atoms with E-state index in [1.165, 1.54) is 28.7 Å². The molecule has 0 aliphatic rings. The molecule has 2 aromatic carbocycles. The quantitative estimate of drug-likeness (QED) is 0.484. The number of hydrogen-bond donors (Lipinski definition) is 2. The summed E-state index contributed by atoms with van der Waals surface area (Å²) in [7, 11) is 0. The molecule has 0 aliphatic carbocycles. The molecular weight excluding hydrogens is 458 g/mol. The summed E-state index contributed by atoms with van der Waals surface area (Å²) in [5.41, 5.74) is 3.83. The minimum atomic E-state index is -0.277. The molecule has 8 heteroatoms. The number of aryl methyl sites for hydroxylation is 1. The first-order valence-corrected chi connectivity index (χ1v) is 11.1. The van der Waals surface area contributed by atoms with Crippen LogP contribution in [0.25, 0.3) is 11.3 Å². The second kappa shape index (κ2) is 9.86. The van der Waals surface area contributed by atoms with E-state index in [2.05, 4.69) is 31.5 Å². The Morgan fingerprint density at radius 3 is 2.61 bits per heavy atom. The fourth-order valence-electron chi connectivity index (χ4n) is 2.29. The molecule has 3 rings (SSSR count). The molecule has 0 bridgehead atoms. The van der Waals surface area contributed by atoms with Gasteiger partial charge in [0.15, 0.2) is 4.34 Å². The molecule has 0 atom stereocenters. The molecule has 5 nitrogen and oxygen atoms in total. The van der Waals surface area contributed by atoms with E-state index in [4.69, 9.17) is 0 Å². The van der Waals surface area contributed by atoms with E-state index in [1.54, 1.807) is 6.07 Å². The summed E-state index contributed by atoms with van der Waals surface area (Å²) in [5, 5.41) is 7.36. The third kappa shape index (κ3) is 5.92. The number of aromatic nitrogens is 1. The molecule has 1 aromatic heterocycles. The van der Waals surface area contributed by atoms with Crippen LogP contribution in [0.1, 0.15) is 5.56 Å². The molecule has 2 amide bonds. The van der Waals surface area contributed by atoms with Gasteiger partial charge < -0.3 is 10.6 Å². The molecule has 28 heavy (non-hydrogen) atoms. The Kier molecular flexibility index (Phi) is 7.24. The number of nitrogens with one attached hydrogen (secondary N) is 2. The lowest BCUT2D eigenvalue weighted by atomic mass is 10.1. The summed E-state index contributed by atoms with van der Waals surface area (Å²) in [6.07, 6.45) is 0. The van der Waals surface area contributed by atoms with Gasteiger partial charge in [-0.3, -0.25) is 9.59 Å². The third-order valence-corrected chi connectivity index (χ3v) is 6.46. The van der Waals surface area contributed by atoms with Gasteiger partial charge in [-0.15, -0.1) is 11.3 Å². The van der Waals surface area contributed by atoms with Gasteiger partial charge in [0.1, 0.15) is 0 Å². The Morgan fingerprint density at radius 1 is 1.11 bits per heavy atom. The Morgan fingerprint density at radius 2 is 1.86 bits per heavy atom. The van der Waals surface area contributed by atoms with Crippen LogP contribution in [-0.4, -0.2) is 29.1 Å². The van der Waals surface area contributed by atoms with Crippen molar-refractivity contribution >= 4 is 56.5 Å². The Hall–Kier alpha value is -2.16. The van der Waals surface area contributed by atoms with Crippen molar-refractivity contribution in [3.05, 3.63) is 63.9 Å². The predicted molar refractivity (Wildman–Crippen MR) is 119 cm³/mol. The van der Waals surface area contributed by atoms with E-state index in [1.807, 2.05) is 54.8 Å². The molecule has 0 saturated carbocycles. The molecule has 1 heterocycles. The van der Waals surface area contributed by atoms with Crippen LogP contribution in [0.15, 0.2) is 62.7 Å². The predicted octanol–water partition coefficient (Wildman–Crippen LogP) is 4.73. The molecule has 0 radical (unpaired) electrons. The number of rotatable bonds is 7. The van der Waals surface area contributed by atoms with Gasteiger partial charge in [-0.1, -0.05) is 53.7 Å². The smallest absolute Gasteiger partial charge is 0.243 e. The highest BCUT2D eigenvalue weighted by Gasteiger charge is 2.10. The number of hydrogen-bond acceptors (Lipinski definition) is 5. The number of benzene rings is 2. The first-order chi connectivity index (χ1) is 13.5. The second-order valence-corrected chi connectivity index (χ2v) is 8.89. The monoisotopic (exact) mass is 475 g/mol. The summed E-state index contributed by atoms with van der Waals surface area (Å²) < 4.78 is 1.61. The van der Waals surface area contributed by atoms with Gasteiger partial charge in [0.25, 0.3) is 0 Å². The minimum absolute atomic E-state index is 0.0762. The van der Waals surface area contributed by atoms with Gasteiger partial charge in [-0.25, -0.2) is 4.98 Å². The van der Waals surface area contributed by atoms with Crippen molar-refractivity contribution in [3.63, 3.8) is 0 Å². The molecule has 0 fully saturated rings. The highest BCUT2D eigenvalue weighted by atomic mass is 79.9. The van der Waals surface area contributed by atoms with Crippen LogP contribution in [0.5, 0.6) is 0 Å². The fourth-order valence-corrected chi connectivity index (χ4v) is 4.34. The summed E-state index contributed by atoms with van der Waals surface area (Å²) in [6.45, 7) is 1.97. The van der Waals surface area contributed by atoms with Crippen molar-refractivity contribution in [2.75, 3.05) is 17.6 Å². The van der Waals surface area contributed by atoms with Gasteiger partial charge in [0.2, 0.25) is 11.8 Å². The highest BCUT2D eigenvalue weighted by Crippen LogP contribution is 2.28. The zero-order valence-corrected chi connectivity index (χ0v) is 18.3. The van der Waals surface area contributed by atoms with Crippen molar-refractivity contribution in [3.8, 4) is 11.3 Å². The van der Waals surface area contributed by atoms with Gasteiger partial charge >= 0.3 is 0 Å². The molecule has 144 valence electrons. The molecule has 0 unspecified atom stereocenters. The van der Waals surface area contributed by atoms with Crippen molar-refractivity contribution in [2.45, 2.75) is 11.3 Å². The maximum Gasteiger partial charge on any atom is 0.243 e. The Labute approximate surface area is 180 Å². The van der Waals surface area contributed by atoms with Crippen molar-refractivity contribution in [1.29, 1.82) is 0 Å². The van der Waals surface area contributed by atoms with Crippen molar-refractivity contribution in [2.24, 2.45) is 0 Å². The van der Waals surface area contributed by atoms with Crippen LogP contribution >= 0.6 is 39.0 Å². The van der Waals surface area contributed by atoms with Crippen LogP contribution in [0.4, 0.5) is 5.69 Å². The van der Waals surface area contributed by atoms with Gasteiger partial charge in [0.05, 0.1) is 23.7 Å². The zero-order chi connectivity index (χ0) is 19.9. The number of carbonyl (C=O) groups is 2. The summed E-state index contributed by atoms with van der Waals surface area (Å²) >= 11 is 6.23. The molecule has 0 saturated heterocycles. The SMILES string of the molecule is Cc1ccc(-c2csc(SCC(=O)NCC(=O)Nc3ccccc3Br)n2)cc1. The van der Waals surface area contributed by atoms with E-state index in [0.29, 0.717) is 5.69 Å². The number of nitrogens with zero attached hydrogens (tertiary/aromatic N) is 1. The Bertz CT molecular complexity index is 974. The molecular formula is C20H18BrN3O2S2. The summed E-state index contributed by atoms with van der Waals surface area (Å²) in [4.78, 5) is 28.5. The lowest BCUT2D eigenvalue weighted by Crippen LogP contribution is -2.33. The van der Waals surface area contributed by atoms with E-state index in [0.717, 1.165) is 20.1 Å². The largest absolute Gasteiger partial charge is 0.346 e. The average Bonchev–Trinajstić information content (AvgIpc) is 3.16. The number of thioether (sulfide) groups is 1. The standard InChI is InChI=1S/C20H18BrN3O2S2/c1-13-6-8-14(9-7-13)17-11-27-20(24-17)28-12-19(26)22-10-18(25)23-16-5-3-2-4-15(16)21/h2-9,11H,10,12H2,1H3,(H,22,26)(H,23,25). The van der Waals surface area contributed by atoms with Crippen LogP contribution < -0.4 is 10.6 Å². The van der Waals surface area contributed by atoms with E-state index in [9.17, 15) is 9.59 Å². The number of carbonyl (C=O) groups excluding carboxylic acids is 2.